The van der Waals surface area contributed by atoms with Crippen LogP contribution >= 0.6 is 0 Å². The van der Waals surface area contributed by atoms with Gasteiger partial charge < -0.3 is 10.3 Å². The molecule has 16 heavy (non-hydrogen) atoms. The monoisotopic (exact) mass is 211 g/mol. The van der Waals surface area contributed by atoms with Gasteiger partial charge in [0.2, 0.25) is 0 Å². The summed E-state index contributed by atoms with van der Waals surface area (Å²) in [5.41, 5.74) is 6.46. The number of hydrogen-bond acceptors (Lipinski definition) is 4. The van der Waals surface area contributed by atoms with Crippen LogP contribution in [-0.2, 0) is 0 Å². The van der Waals surface area contributed by atoms with E-state index in [2.05, 4.69) is 10.1 Å². The molecule has 0 saturated carbocycles. The van der Waals surface area contributed by atoms with Crippen LogP contribution in [0.5, 0.6) is 0 Å². The normalized spacial score (nSPS) is 10.8. The Morgan fingerprint density at radius 2 is 2.00 bits per heavy atom. The zero-order chi connectivity index (χ0) is 11.0. The van der Waals surface area contributed by atoms with Gasteiger partial charge in [-0.1, -0.05) is 17.3 Å². The number of aromatic nitrogens is 2. The van der Waals surface area contributed by atoms with E-state index in [1.807, 2.05) is 30.5 Å². The Morgan fingerprint density at radius 3 is 2.81 bits per heavy atom. The van der Waals surface area contributed by atoms with Crippen LogP contribution in [0.1, 0.15) is 0 Å². The van der Waals surface area contributed by atoms with E-state index in [9.17, 15) is 0 Å². The van der Waals surface area contributed by atoms with E-state index < -0.39 is 0 Å². The molecule has 0 aliphatic carbocycles. The maximum absolute atomic E-state index is 5.51. The molecular formula is C12H9N3O. The molecule has 3 aromatic rings. The van der Waals surface area contributed by atoms with Crippen LogP contribution in [0.15, 0.2) is 47.2 Å². The molecule has 1 aromatic carbocycles. The third-order valence-electron chi connectivity index (χ3n) is 2.45. The number of nitrogens with zero attached hydrogens (tertiary/aromatic N) is 2. The van der Waals surface area contributed by atoms with Crippen molar-refractivity contribution < 1.29 is 4.52 Å². The molecular weight excluding hydrogens is 202 g/mol. The van der Waals surface area contributed by atoms with Crippen LogP contribution < -0.4 is 5.73 Å². The van der Waals surface area contributed by atoms with E-state index in [0.717, 1.165) is 16.3 Å². The highest BCUT2D eigenvalue weighted by atomic mass is 16.5. The molecule has 4 nitrogen and oxygen atoms in total. The van der Waals surface area contributed by atoms with Crippen molar-refractivity contribution >= 4 is 16.6 Å². The molecule has 2 heterocycles. The summed E-state index contributed by atoms with van der Waals surface area (Å²) in [6, 6.07) is 9.67. The third-order valence-corrected chi connectivity index (χ3v) is 2.45. The Hall–Kier alpha value is -2.36. The maximum atomic E-state index is 5.51. The predicted molar refractivity (Wildman–Crippen MR) is 61.7 cm³/mol. The number of anilines is 1. The molecule has 0 bridgehead atoms. The number of benzene rings is 1. The second-order valence-corrected chi connectivity index (χ2v) is 3.55. The van der Waals surface area contributed by atoms with E-state index in [1.165, 1.54) is 0 Å². The Bertz CT molecular complexity index is 645. The summed E-state index contributed by atoms with van der Waals surface area (Å²) in [4.78, 5) is 4.08. The van der Waals surface area contributed by atoms with Crippen LogP contribution in [0.2, 0.25) is 0 Å². The highest BCUT2D eigenvalue weighted by Crippen LogP contribution is 2.24. The first-order valence-electron chi connectivity index (χ1n) is 4.89. The van der Waals surface area contributed by atoms with Crippen LogP contribution in [0.25, 0.3) is 22.1 Å². The van der Waals surface area contributed by atoms with Gasteiger partial charge in [-0.05, 0) is 17.5 Å². The minimum absolute atomic E-state index is 0.390. The minimum atomic E-state index is 0.390. The number of nitrogens with two attached hydrogens (primary N) is 1. The van der Waals surface area contributed by atoms with Gasteiger partial charge in [-0.2, -0.15) is 0 Å². The number of pyridine rings is 1. The first-order chi connectivity index (χ1) is 7.83. The summed E-state index contributed by atoms with van der Waals surface area (Å²) in [5, 5.41) is 5.87. The Morgan fingerprint density at radius 1 is 1.06 bits per heavy atom. The molecule has 2 N–H and O–H groups in total. The third kappa shape index (κ3) is 1.40. The topological polar surface area (TPSA) is 64.9 Å². The first kappa shape index (κ1) is 8.91. The molecule has 0 unspecified atom stereocenters. The molecule has 78 valence electrons. The van der Waals surface area contributed by atoms with E-state index in [-0.39, 0.29) is 0 Å². The number of nitrogen functional groups attached to an aromatic ring is 1. The largest absolute Gasteiger partial charge is 0.381 e. The van der Waals surface area contributed by atoms with Crippen molar-refractivity contribution in [3.8, 4) is 11.3 Å². The van der Waals surface area contributed by atoms with Crippen molar-refractivity contribution in [2.45, 2.75) is 0 Å². The summed E-state index contributed by atoms with van der Waals surface area (Å²) in [6.07, 6.45) is 3.59. The molecule has 0 atom stereocenters. The van der Waals surface area contributed by atoms with Gasteiger partial charge in [-0.25, -0.2) is 0 Å². The van der Waals surface area contributed by atoms with Crippen LogP contribution in [0.4, 0.5) is 5.82 Å². The number of rotatable bonds is 1. The van der Waals surface area contributed by atoms with E-state index in [1.54, 1.807) is 12.3 Å². The van der Waals surface area contributed by atoms with Crippen molar-refractivity contribution in [1.82, 2.24) is 10.1 Å². The van der Waals surface area contributed by atoms with Crippen LogP contribution in [0.3, 0.4) is 0 Å². The lowest BCUT2D eigenvalue weighted by Crippen LogP contribution is -1.80. The molecule has 0 spiro atoms. The summed E-state index contributed by atoms with van der Waals surface area (Å²) in [5.74, 6) is 1.06. The highest BCUT2D eigenvalue weighted by Gasteiger charge is 2.05. The molecule has 2 aromatic heterocycles. The van der Waals surface area contributed by atoms with Gasteiger partial charge in [0.15, 0.2) is 11.6 Å². The summed E-state index contributed by atoms with van der Waals surface area (Å²) < 4.78 is 5.10. The second kappa shape index (κ2) is 3.34. The molecule has 0 aliphatic rings. The summed E-state index contributed by atoms with van der Waals surface area (Å²) >= 11 is 0. The van der Waals surface area contributed by atoms with Crippen molar-refractivity contribution in [1.29, 1.82) is 0 Å². The second-order valence-electron chi connectivity index (χ2n) is 3.55. The Labute approximate surface area is 91.7 Å². The average Bonchev–Trinajstić information content (AvgIpc) is 2.75. The fourth-order valence-electron chi connectivity index (χ4n) is 1.66. The van der Waals surface area contributed by atoms with Crippen LogP contribution in [-0.4, -0.2) is 10.1 Å². The van der Waals surface area contributed by atoms with Gasteiger partial charge >= 0.3 is 0 Å². The Kier molecular flexibility index (Phi) is 1.86. The maximum Gasteiger partial charge on any atom is 0.169 e. The zero-order valence-electron chi connectivity index (χ0n) is 8.42. The molecule has 0 radical (unpaired) electrons. The number of hydrogen-bond donors (Lipinski definition) is 1. The molecule has 0 saturated heterocycles. The highest BCUT2D eigenvalue weighted by molar-refractivity contribution is 5.85. The van der Waals surface area contributed by atoms with Gasteiger partial charge in [0, 0.05) is 29.4 Å². The predicted octanol–water partition coefficient (Wildman–Crippen LogP) is 2.47. The quantitative estimate of drug-likeness (QED) is 0.671. The molecule has 3 rings (SSSR count). The molecule has 0 fully saturated rings. The molecule has 0 amide bonds. The Balaban J connectivity index is 2.18. The van der Waals surface area contributed by atoms with Gasteiger partial charge in [-0.15, -0.1) is 0 Å². The average molecular weight is 211 g/mol. The van der Waals surface area contributed by atoms with Crippen molar-refractivity contribution in [3.63, 3.8) is 0 Å². The summed E-state index contributed by atoms with van der Waals surface area (Å²) in [6.45, 7) is 0. The van der Waals surface area contributed by atoms with E-state index in [4.69, 9.17) is 10.3 Å². The standard InChI is InChI=1S/C12H9N3O/c13-12-6-11(16-15-12)9-2-1-8-3-4-14-7-10(8)5-9/h1-7H,(H2,13,15). The molecule has 0 aliphatic heterocycles. The van der Waals surface area contributed by atoms with E-state index in [0.29, 0.717) is 11.6 Å². The van der Waals surface area contributed by atoms with Crippen LogP contribution in [0, 0.1) is 0 Å². The fraction of sp³-hybridized carbons (Fsp3) is 0. The van der Waals surface area contributed by atoms with E-state index >= 15 is 0 Å². The van der Waals surface area contributed by atoms with Gasteiger partial charge in [0.05, 0.1) is 0 Å². The van der Waals surface area contributed by atoms with Gasteiger partial charge in [0.25, 0.3) is 0 Å². The lowest BCUT2D eigenvalue weighted by molar-refractivity contribution is 0.436. The van der Waals surface area contributed by atoms with Gasteiger partial charge in [-0.3, -0.25) is 4.98 Å². The zero-order valence-corrected chi connectivity index (χ0v) is 8.42. The number of fused-ring (bicyclic) bond motifs is 1. The lowest BCUT2D eigenvalue weighted by atomic mass is 10.1. The molecule has 4 heteroatoms. The minimum Gasteiger partial charge on any atom is -0.381 e. The fourth-order valence-corrected chi connectivity index (χ4v) is 1.66. The lowest BCUT2D eigenvalue weighted by Gasteiger charge is -1.99. The smallest absolute Gasteiger partial charge is 0.169 e. The van der Waals surface area contributed by atoms with Gasteiger partial charge in [0.1, 0.15) is 0 Å². The van der Waals surface area contributed by atoms with Crippen molar-refractivity contribution in [2.75, 3.05) is 5.73 Å². The van der Waals surface area contributed by atoms with Crippen molar-refractivity contribution in [2.24, 2.45) is 0 Å². The van der Waals surface area contributed by atoms with Crippen molar-refractivity contribution in [3.05, 3.63) is 42.7 Å². The summed E-state index contributed by atoms with van der Waals surface area (Å²) in [7, 11) is 0. The first-order valence-corrected chi connectivity index (χ1v) is 4.89. The SMILES string of the molecule is Nc1cc(-c2ccc3ccncc3c2)on1.